The Balaban J connectivity index is 0.000000250. The normalized spacial score (nSPS) is 13.3. The van der Waals surface area contributed by atoms with E-state index in [0.29, 0.717) is 0 Å². The maximum atomic E-state index is 2.26. The van der Waals surface area contributed by atoms with Crippen LogP contribution in [0.5, 0.6) is 0 Å². The summed E-state index contributed by atoms with van der Waals surface area (Å²) in [5, 5.41) is 0. The van der Waals surface area contributed by atoms with Gasteiger partial charge in [0.25, 0.3) is 0 Å². The van der Waals surface area contributed by atoms with E-state index >= 15 is 0 Å². The second-order valence-corrected chi connectivity index (χ2v) is 2.51. The molecule has 1 aliphatic heterocycles. The zero-order valence-electron chi connectivity index (χ0n) is 4.02. The number of allylic oxidation sites excluding steroid dienone is 2. The molecule has 1 rings (SSSR count). The average molecular weight is 119 g/mol. The minimum Gasteiger partial charge on any atom is -0.144 e. The molecule has 0 aromatic carbocycles. The topological polar surface area (TPSA) is 0 Å². The third-order valence-corrected chi connectivity index (χ3v) is 1.74. The maximum Gasteiger partial charge on any atom is 0.302 e. The van der Waals surface area contributed by atoms with Gasteiger partial charge < -0.3 is 0 Å². The average Bonchev–Trinajstić information content (AvgIpc) is 1.76. The molecule has 25 valence electrons. The maximum absolute atomic E-state index is 2.26. The van der Waals surface area contributed by atoms with Gasteiger partial charge in [-0.05, 0) is 0 Å². The first-order valence-electron chi connectivity index (χ1n) is 1.82. The first-order chi connectivity index (χ1) is 2.50. The molecular weight excluding hydrogens is 114 g/mol. The Hall–Kier alpha value is 1.65. The number of hydrogen-bond donors (Lipinski definition) is 0. The molecule has 0 fully saturated rings. The Labute approximate surface area is 86.8 Å². The van der Waals surface area contributed by atoms with Crippen LogP contribution in [0.15, 0.2) is 22.0 Å². The molecule has 0 aromatic rings. The molecule has 0 amide bonds. The summed E-state index contributed by atoms with van der Waals surface area (Å²) >= 11 is 0.182. The number of hydrogen-bond acceptors (Lipinski definition) is 0. The quantitative estimate of drug-likeness (QED) is 0.396. The van der Waals surface area contributed by atoms with Crippen molar-refractivity contribution in [2.45, 2.75) is 0 Å². The van der Waals surface area contributed by atoms with Gasteiger partial charge in [-0.1, -0.05) is 12.2 Å². The van der Waals surface area contributed by atoms with Crippen LogP contribution in [0.25, 0.3) is 0 Å². The molecule has 0 atom stereocenters. The summed E-state index contributed by atoms with van der Waals surface area (Å²) in [6, 6.07) is 0. The van der Waals surface area contributed by atoms with Crippen LogP contribution in [0.4, 0.5) is 0 Å². The molecule has 2 heteroatoms. The summed E-state index contributed by atoms with van der Waals surface area (Å²) in [7, 11) is 0. The molecule has 0 N–H and O–H groups in total. The van der Waals surface area contributed by atoms with E-state index in [1.54, 1.807) is 0 Å². The predicted molar refractivity (Wildman–Crippen MR) is 31.2 cm³/mol. The molecule has 0 aliphatic carbocycles. The minimum atomic E-state index is 0. The summed E-state index contributed by atoms with van der Waals surface area (Å²) in [5.74, 6) is 0. The van der Waals surface area contributed by atoms with Gasteiger partial charge in [0.2, 0.25) is 0 Å². The molecule has 6 heavy (non-hydrogen) atoms. The summed E-state index contributed by atoms with van der Waals surface area (Å²) in [5.41, 5.74) is 0. The van der Waals surface area contributed by atoms with Crippen molar-refractivity contribution >= 4 is 66.6 Å². The molecule has 0 bridgehead atoms. The third-order valence-electron chi connectivity index (χ3n) is 0.655. The summed E-state index contributed by atoms with van der Waals surface area (Å²) < 4.78 is 0. The van der Waals surface area contributed by atoms with E-state index in [1.165, 1.54) is 0 Å². The van der Waals surface area contributed by atoms with Crippen molar-refractivity contribution in [1.29, 1.82) is 0 Å². The van der Waals surface area contributed by atoms with Gasteiger partial charge in [0.15, 0.2) is 0 Å². The molecule has 0 aromatic heterocycles. The van der Waals surface area contributed by atoms with E-state index in [4.69, 9.17) is 0 Å². The molecular formula is C4H5AlK. The molecule has 1 heterocycles. The fourth-order valence-electron chi connectivity index (χ4n) is 0.393. The summed E-state index contributed by atoms with van der Waals surface area (Å²) in [4.78, 5) is 4.53. The zero-order valence-corrected chi connectivity index (χ0v) is 8.55. The second-order valence-electron chi connectivity index (χ2n) is 1.09. The molecule has 0 nitrogen and oxygen atoms in total. The van der Waals surface area contributed by atoms with Gasteiger partial charge in [0, 0.05) is 51.4 Å². The Morgan fingerprint density at radius 3 is 1.67 bits per heavy atom. The fourth-order valence-corrected chi connectivity index (χ4v) is 1.18. The third kappa shape index (κ3) is 2.76. The van der Waals surface area contributed by atoms with Gasteiger partial charge in [-0.25, -0.2) is 0 Å². The first-order valence-corrected chi connectivity index (χ1v) is 3.45. The van der Waals surface area contributed by atoms with Crippen LogP contribution in [0, 0.1) is 0 Å². The zero-order chi connectivity index (χ0) is 3.54. The van der Waals surface area contributed by atoms with Gasteiger partial charge in [0.1, 0.15) is 0 Å². The monoisotopic (exact) mass is 119 g/mol. The SMILES string of the molecule is C1=[CH][AlH][CH]=C1.[K]. The summed E-state index contributed by atoms with van der Waals surface area (Å²) in [6.45, 7) is 0. The molecule has 1 radical (unpaired) electrons. The van der Waals surface area contributed by atoms with Crippen molar-refractivity contribution in [1.82, 2.24) is 0 Å². The van der Waals surface area contributed by atoms with Crippen LogP contribution in [0.1, 0.15) is 0 Å². The fraction of sp³-hybridized carbons (Fsp3) is 0. The van der Waals surface area contributed by atoms with E-state index in [9.17, 15) is 0 Å². The molecule has 0 saturated heterocycles. The second kappa shape index (κ2) is 4.80. The van der Waals surface area contributed by atoms with Gasteiger partial charge in [0.05, 0.1) is 0 Å². The van der Waals surface area contributed by atoms with Crippen LogP contribution >= 0.6 is 0 Å². The Morgan fingerprint density at radius 2 is 1.50 bits per heavy atom. The molecule has 0 spiro atoms. The minimum absolute atomic E-state index is 0. The summed E-state index contributed by atoms with van der Waals surface area (Å²) in [6.07, 6.45) is 4.23. The van der Waals surface area contributed by atoms with E-state index in [0.717, 1.165) is 0 Å². The Kier molecular flexibility index (Phi) is 6.12. The van der Waals surface area contributed by atoms with Crippen LogP contribution in [-0.2, 0) is 0 Å². The molecule has 1 aliphatic rings. The van der Waals surface area contributed by atoms with Crippen molar-refractivity contribution in [3.63, 3.8) is 0 Å². The largest absolute Gasteiger partial charge is 0.302 e. The smallest absolute Gasteiger partial charge is 0.144 e. The van der Waals surface area contributed by atoms with Crippen LogP contribution in [-0.4, -0.2) is 66.6 Å². The van der Waals surface area contributed by atoms with Gasteiger partial charge in [-0.15, -0.1) is 9.88 Å². The van der Waals surface area contributed by atoms with Crippen LogP contribution < -0.4 is 0 Å². The first kappa shape index (κ1) is 7.65. The Morgan fingerprint density at radius 1 is 1.00 bits per heavy atom. The van der Waals surface area contributed by atoms with E-state index in [1.807, 2.05) is 0 Å². The van der Waals surface area contributed by atoms with Crippen molar-refractivity contribution in [2.75, 3.05) is 0 Å². The Bertz CT molecular complexity index is 65.6. The van der Waals surface area contributed by atoms with E-state index in [-0.39, 0.29) is 66.6 Å². The van der Waals surface area contributed by atoms with Gasteiger partial charge in [-0.3, -0.25) is 0 Å². The predicted octanol–water partition coefficient (Wildman–Crippen LogP) is 0.0831. The van der Waals surface area contributed by atoms with Crippen molar-refractivity contribution in [3.8, 4) is 0 Å². The van der Waals surface area contributed by atoms with Crippen LogP contribution in [0.3, 0.4) is 0 Å². The van der Waals surface area contributed by atoms with E-state index < -0.39 is 0 Å². The molecule has 0 saturated carbocycles. The number of rotatable bonds is 0. The standard InChI is InChI=1S/C4H4.Al.K.H/c1-3-4-2;;;/h1-4H;;;. The molecule has 0 unspecified atom stereocenters. The van der Waals surface area contributed by atoms with Crippen molar-refractivity contribution in [2.24, 2.45) is 0 Å². The van der Waals surface area contributed by atoms with Crippen molar-refractivity contribution in [3.05, 3.63) is 22.0 Å². The van der Waals surface area contributed by atoms with Gasteiger partial charge in [-0.2, -0.15) is 0 Å². The van der Waals surface area contributed by atoms with E-state index in [2.05, 4.69) is 22.0 Å². The van der Waals surface area contributed by atoms with Crippen LogP contribution in [0.2, 0.25) is 0 Å². The van der Waals surface area contributed by atoms with Crippen molar-refractivity contribution < 1.29 is 0 Å². The van der Waals surface area contributed by atoms with Gasteiger partial charge >= 0.3 is 15.2 Å².